The Morgan fingerprint density at radius 1 is 0.522 bits per heavy atom. The molecule has 1 N–H and O–H groups in total. The average molecular weight is 296 g/mol. The van der Waals surface area contributed by atoms with Gasteiger partial charge < -0.3 is 5.11 Å². The van der Waals surface area contributed by atoms with Crippen molar-refractivity contribution in [2.24, 2.45) is 0 Å². The summed E-state index contributed by atoms with van der Waals surface area (Å²) in [7, 11) is 0. The van der Waals surface area contributed by atoms with Crippen LogP contribution in [0.5, 0.6) is 5.75 Å². The second kappa shape index (κ2) is 5.62. The van der Waals surface area contributed by atoms with Crippen LogP contribution in [0.25, 0.3) is 33.0 Å². The second-order valence-electron chi connectivity index (χ2n) is 5.63. The number of aromatic hydroxyl groups is 1. The highest BCUT2D eigenvalue weighted by Gasteiger charge is 2.10. The third-order valence-corrected chi connectivity index (χ3v) is 4.17. The summed E-state index contributed by atoms with van der Waals surface area (Å²) in [4.78, 5) is 0. The zero-order chi connectivity index (χ0) is 15.6. The van der Waals surface area contributed by atoms with Gasteiger partial charge in [-0.25, -0.2) is 0 Å². The van der Waals surface area contributed by atoms with E-state index in [9.17, 15) is 5.11 Å². The van der Waals surface area contributed by atoms with E-state index in [1.54, 1.807) is 6.07 Å². The van der Waals surface area contributed by atoms with E-state index in [4.69, 9.17) is 0 Å². The van der Waals surface area contributed by atoms with Crippen LogP contribution in [0, 0.1) is 0 Å². The van der Waals surface area contributed by atoms with Crippen LogP contribution in [-0.2, 0) is 0 Å². The van der Waals surface area contributed by atoms with Gasteiger partial charge in [-0.2, -0.15) is 0 Å². The Kier molecular flexibility index (Phi) is 3.32. The molecule has 0 saturated heterocycles. The predicted octanol–water partition coefficient (Wildman–Crippen LogP) is 5.88. The van der Waals surface area contributed by atoms with Crippen molar-refractivity contribution in [1.82, 2.24) is 0 Å². The molecule has 0 bridgehead atoms. The summed E-state index contributed by atoms with van der Waals surface area (Å²) in [5.74, 6) is 0.316. The van der Waals surface area contributed by atoms with Gasteiger partial charge in [0.25, 0.3) is 0 Å². The summed E-state index contributed by atoms with van der Waals surface area (Å²) in [6.07, 6.45) is 0. The number of fused-ring (bicyclic) bond motifs is 1. The first kappa shape index (κ1) is 13.6. The SMILES string of the molecule is Oc1ccc2cc(-c3ccccc3)ccc2c1-c1ccccc1. The molecule has 0 atom stereocenters. The fourth-order valence-electron chi connectivity index (χ4n) is 3.04. The minimum absolute atomic E-state index is 0.316. The van der Waals surface area contributed by atoms with E-state index in [1.807, 2.05) is 54.6 Å². The summed E-state index contributed by atoms with van der Waals surface area (Å²) >= 11 is 0. The summed E-state index contributed by atoms with van der Waals surface area (Å²) in [5, 5.41) is 12.5. The third-order valence-electron chi connectivity index (χ3n) is 4.17. The second-order valence-corrected chi connectivity index (χ2v) is 5.63. The maximum atomic E-state index is 10.3. The molecule has 0 spiro atoms. The molecule has 0 fully saturated rings. The van der Waals surface area contributed by atoms with Crippen molar-refractivity contribution in [2.45, 2.75) is 0 Å². The standard InChI is InChI=1S/C22H16O/c23-21-14-12-19-15-18(16-7-3-1-4-8-16)11-13-20(19)22(21)17-9-5-2-6-10-17/h1-15,23H. The molecule has 0 saturated carbocycles. The summed E-state index contributed by atoms with van der Waals surface area (Å²) in [5.41, 5.74) is 4.30. The van der Waals surface area contributed by atoms with E-state index in [1.165, 1.54) is 11.1 Å². The lowest BCUT2D eigenvalue weighted by atomic mass is 9.94. The van der Waals surface area contributed by atoms with Crippen LogP contribution in [-0.4, -0.2) is 5.11 Å². The number of hydrogen-bond acceptors (Lipinski definition) is 1. The van der Waals surface area contributed by atoms with E-state index in [0.29, 0.717) is 5.75 Å². The summed E-state index contributed by atoms with van der Waals surface area (Å²) in [6.45, 7) is 0. The number of hydrogen-bond donors (Lipinski definition) is 1. The largest absolute Gasteiger partial charge is 0.507 e. The number of rotatable bonds is 2. The van der Waals surface area contributed by atoms with E-state index in [2.05, 4.69) is 30.3 Å². The zero-order valence-electron chi connectivity index (χ0n) is 12.6. The van der Waals surface area contributed by atoms with Gasteiger partial charge >= 0.3 is 0 Å². The van der Waals surface area contributed by atoms with Gasteiger partial charge in [0.2, 0.25) is 0 Å². The molecule has 4 rings (SSSR count). The smallest absolute Gasteiger partial charge is 0.124 e. The Morgan fingerprint density at radius 3 is 1.87 bits per heavy atom. The molecule has 110 valence electrons. The van der Waals surface area contributed by atoms with E-state index < -0.39 is 0 Å². The van der Waals surface area contributed by atoms with Crippen LogP contribution >= 0.6 is 0 Å². The topological polar surface area (TPSA) is 20.2 Å². The maximum absolute atomic E-state index is 10.3. The van der Waals surface area contributed by atoms with Gasteiger partial charge in [-0.05, 0) is 39.6 Å². The molecule has 0 radical (unpaired) electrons. The molecular weight excluding hydrogens is 280 g/mol. The minimum atomic E-state index is 0.316. The van der Waals surface area contributed by atoms with Gasteiger partial charge in [-0.3, -0.25) is 0 Å². The molecule has 4 aromatic carbocycles. The molecule has 0 aliphatic rings. The molecule has 0 aliphatic heterocycles. The van der Waals surface area contributed by atoms with Crippen LogP contribution < -0.4 is 0 Å². The number of phenolic OH excluding ortho intramolecular Hbond substituents is 1. The fraction of sp³-hybridized carbons (Fsp3) is 0. The lowest BCUT2D eigenvalue weighted by Gasteiger charge is -2.11. The first-order chi connectivity index (χ1) is 11.3. The number of phenols is 1. The van der Waals surface area contributed by atoms with Crippen molar-refractivity contribution in [3.63, 3.8) is 0 Å². The van der Waals surface area contributed by atoms with Gasteiger partial charge in [-0.15, -0.1) is 0 Å². The van der Waals surface area contributed by atoms with Gasteiger partial charge in [0.15, 0.2) is 0 Å². The quantitative estimate of drug-likeness (QED) is 0.490. The van der Waals surface area contributed by atoms with Crippen LogP contribution in [0.4, 0.5) is 0 Å². The Labute approximate surface area is 135 Å². The lowest BCUT2D eigenvalue weighted by molar-refractivity contribution is 0.478. The van der Waals surface area contributed by atoms with Gasteiger partial charge in [0.1, 0.15) is 5.75 Å². The normalized spacial score (nSPS) is 10.8. The highest BCUT2D eigenvalue weighted by Crippen LogP contribution is 2.37. The van der Waals surface area contributed by atoms with Crippen molar-refractivity contribution in [2.75, 3.05) is 0 Å². The first-order valence-corrected chi connectivity index (χ1v) is 7.69. The average Bonchev–Trinajstić information content (AvgIpc) is 2.63. The molecule has 0 aromatic heterocycles. The maximum Gasteiger partial charge on any atom is 0.124 e. The van der Waals surface area contributed by atoms with Gasteiger partial charge in [0, 0.05) is 5.56 Å². The monoisotopic (exact) mass is 296 g/mol. The Bertz CT molecular complexity index is 957. The van der Waals surface area contributed by atoms with Crippen molar-refractivity contribution < 1.29 is 5.11 Å². The van der Waals surface area contributed by atoms with Crippen LogP contribution in [0.3, 0.4) is 0 Å². The van der Waals surface area contributed by atoms with Crippen LogP contribution in [0.1, 0.15) is 0 Å². The Balaban J connectivity index is 1.94. The molecule has 0 amide bonds. The Morgan fingerprint density at radius 2 is 1.17 bits per heavy atom. The lowest BCUT2D eigenvalue weighted by Crippen LogP contribution is -1.84. The van der Waals surface area contributed by atoms with Crippen molar-refractivity contribution in [1.29, 1.82) is 0 Å². The molecule has 0 heterocycles. The predicted molar refractivity (Wildman–Crippen MR) is 96.5 cm³/mol. The van der Waals surface area contributed by atoms with E-state index in [0.717, 1.165) is 21.9 Å². The Hall–Kier alpha value is -3.06. The highest BCUT2D eigenvalue weighted by molar-refractivity contribution is 6.01. The van der Waals surface area contributed by atoms with E-state index in [-0.39, 0.29) is 0 Å². The highest BCUT2D eigenvalue weighted by atomic mass is 16.3. The van der Waals surface area contributed by atoms with Gasteiger partial charge in [-0.1, -0.05) is 78.9 Å². The van der Waals surface area contributed by atoms with E-state index >= 15 is 0 Å². The summed E-state index contributed by atoms with van der Waals surface area (Å²) < 4.78 is 0. The molecule has 23 heavy (non-hydrogen) atoms. The van der Waals surface area contributed by atoms with Crippen molar-refractivity contribution >= 4 is 10.8 Å². The fourth-order valence-corrected chi connectivity index (χ4v) is 3.04. The molecule has 0 unspecified atom stereocenters. The molecule has 4 aromatic rings. The molecular formula is C22H16O. The van der Waals surface area contributed by atoms with Crippen LogP contribution in [0.2, 0.25) is 0 Å². The van der Waals surface area contributed by atoms with Crippen molar-refractivity contribution in [3.8, 4) is 28.0 Å². The molecule has 1 heteroatoms. The van der Waals surface area contributed by atoms with Gasteiger partial charge in [0.05, 0.1) is 0 Å². The third kappa shape index (κ3) is 2.47. The number of benzene rings is 4. The minimum Gasteiger partial charge on any atom is -0.507 e. The van der Waals surface area contributed by atoms with Crippen molar-refractivity contribution in [3.05, 3.63) is 91.0 Å². The summed E-state index contributed by atoms with van der Waals surface area (Å²) in [6, 6.07) is 30.5. The van der Waals surface area contributed by atoms with Crippen LogP contribution in [0.15, 0.2) is 91.0 Å². The molecule has 0 aliphatic carbocycles. The molecule has 1 nitrogen and oxygen atoms in total. The first-order valence-electron chi connectivity index (χ1n) is 7.69. The zero-order valence-corrected chi connectivity index (χ0v) is 12.6.